The van der Waals surface area contributed by atoms with Gasteiger partial charge in [-0.3, -0.25) is 9.63 Å². The van der Waals surface area contributed by atoms with Gasteiger partial charge in [0, 0.05) is 5.56 Å². The molecule has 6 heteroatoms. The van der Waals surface area contributed by atoms with E-state index in [9.17, 15) is 14.0 Å². The monoisotopic (exact) mass is 227 g/mol. The van der Waals surface area contributed by atoms with Gasteiger partial charge >= 0.3 is 5.97 Å². The van der Waals surface area contributed by atoms with Crippen LogP contribution in [0.15, 0.2) is 18.2 Å². The summed E-state index contributed by atoms with van der Waals surface area (Å²) in [6.45, 7) is 0.915. The summed E-state index contributed by atoms with van der Waals surface area (Å²) in [4.78, 5) is 25.7. The van der Waals surface area contributed by atoms with E-state index in [-0.39, 0.29) is 5.56 Å². The Morgan fingerprint density at radius 2 is 2.19 bits per heavy atom. The zero-order valence-corrected chi connectivity index (χ0v) is 8.49. The van der Waals surface area contributed by atoms with Crippen molar-refractivity contribution in [3.05, 3.63) is 35.1 Å². The van der Waals surface area contributed by atoms with Gasteiger partial charge in [0.2, 0.25) is 0 Å². The molecule has 0 aromatic heterocycles. The number of hydrogen-bond donors (Lipinski definition) is 2. The molecule has 0 saturated heterocycles. The van der Waals surface area contributed by atoms with Crippen LogP contribution in [-0.4, -0.2) is 23.6 Å². The van der Waals surface area contributed by atoms with Crippen LogP contribution in [0.3, 0.4) is 0 Å². The highest BCUT2D eigenvalue weighted by atomic mass is 19.1. The number of rotatable bonds is 4. The SMILES string of the molecule is Cc1ccc(C(=O)NOCC(=O)O)cc1F. The molecule has 1 aromatic carbocycles. The molecule has 86 valence electrons. The molecule has 1 aromatic rings. The summed E-state index contributed by atoms with van der Waals surface area (Å²) in [6.07, 6.45) is 0. The quantitative estimate of drug-likeness (QED) is 0.748. The van der Waals surface area contributed by atoms with Gasteiger partial charge in [0.05, 0.1) is 0 Å². The highest BCUT2D eigenvalue weighted by Crippen LogP contribution is 2.08. The van der Waals surface area contributed by atoms with Gasteiger partial charge in [0.25, 0.3) is 5.91 Å². The fraction of sp³-hybridized carbons (Fsp3) is 0.200. The van der Waals surface area contributed by atoms with Crippen LogP contribution < -0.4 is 5.48 Å². The van der Waals surface area contributed by atoms with E-state index < -0.39 is 24.3 Å². The minimum absolute atomic E-state index is 0.0634. The van der Waals surface area contributed by atoms with Crippen molar-refractivity contribution in [3.8, 4) is 0 Å². The molecule has 0 aliphatic rings. The second-order valence-electron chi connectivity index (χ2n) is 3.08. The lowest BCUT2D eigenvalue weighted by atomic mass is 10.1. The summed E-state index contributed by atoms with van der Waals surface area (Å²) >= 11 is 0. The number of hydrogen-bond acceptors (Lipinski definition) is 3. The number of nitrogens with one attached hydrogen (secondary N) is 1. The number of benzene rings is 1. The molecule has 0 atom stereocenters. The van der Waals surface area contributed by atoms with Crippen LogP contribution in [0.2, 0.25) is 0 Å². The Morgan fingerprint density at radius 3 is 2.75 bits per heavy atom. The summed E-state index contributed by atoms with van der Waals surface area (Å²) < 4.78 is 13.1. The second-order valence-corrected chi connectivity index (χ2v) is 3.08. The third-order valence-corrected chi connectivity index (χ3v) is 1.79. The number of carboxylic acid groups (broad SMARTS) is 1. The summed E-state index contributed by atoms with van der Waals surface area (Å²) in [5.74, 6) is -2.42. The van der Waals surface area contributed by atoms with Crippen molar-refractivity contribution in [2.24, 2.45) is 0 Å². The van der Waals surface area contributed by atoms with Gasteiger partial charge in [-0.15, -0.1) is 0 Å². The maximum atomic E-state index is 13.1. The molecule has 0 aliphatic carbocycles. The van der Waals surface area contributed by atoms with Crippen LogP contribution in [0.4, 0.5) is 4.39 Å². The summed E-state index contributed by atoms with van der Waals surface area (Å²) in [5, 5.41) is 8.24. The Hall–Kier alpha value is -1.95. The Labute approximate surface area is 90.8 Å². The lowest BCUT2D eigenvalue weighted by Crippen LogP contribution is -2.26. The molecule has 0 radical (unpaired) electrons. The van der Waals surface area contributed by atoms with Crippen LogP contribution in [0.5, 0.6) is 0 Å². The normalized spacial score (nSPS) is 9.88. The van der Waals surface area contributed by atoms with Crippen molar-refractivity contribution >= 4 is 11.9 Å². The van der Waals surface area contributed by atoms with Crippen LogP contribution >= 0.6 is 0 Å². The van der Waals surface area contributed by atoms with Gasteiger partial charge in [-0.05, 0) is 24.6 Å². The maximum Gasteiger partial charge on any atom is 0.332 e. The first kappa shape index (κ1) is 12.1. The van der Waals surface area contributed by atoms with Crippen molar-refractivity contribution in [3.63, 3.8) is 0 Å². The minimum Gasteiger partial charge on any atom is -0.479 e. The summed E-state index contributed by atoms with van der Waals surface area (Å²) in [7, 11) is 0. The average molecular weight is 227 g/mol. The molecule has 0 fully saturated rings. The van der Waals surface area contributed by atoms with Crippen molar-refractivity contribution in [2.45, 2.75) is 6.92 Å². The van der Waals surface area contributed by atoms with E-state index in [2.05, 4.69) is 4.84 Å². The van der Waals surface area contributed by atoms with Crippen molar-refractivity contribution in [2.75, 3.05) is 6.61 Å². The molecule has 1 rings (SSSR count). The number of aliphatic carboxylic acids is 1. The van der Waals surface area contributed by atoms with Gasteiger partial charge in [0.1, 0.15) is 5.82 Å². The van der Waals surface area contributed by atoms with Gasteiger partial charge < -0.3 is 5.11 Å². The molecule has 2 N–H and O–H groups in total. The van der Waals surface area contributed by atoms with Crippen LogP contribution in [0, 0.1) is 12.7 Å². The predicted molar refractivity (Wildman–Crippen MR) is 52.2 cm³/mol. The molecule has 0 spiro atoms. The molecule has 0 unspecified atom stereocenters. The molecule has 0 heterocycles. The van der Waals surface area contributed by atoms with Gasteiger partial charge in [-0.2, -0.15) is 0 Å². The predicted octanol–water partition coefficient (Wildman–Crippen LogP) is 0.880. The Morgan fingerprint density at radius 1 is 1.50 bits per heavy atom. The number of carbonyl (C=O) groups is 2. The van der Waals surface area contributed by atoms with Crippen molar-refractivity contribution in [1.29, 1.82) is 0 Å². The maximum absolute atomic E-state index is 13.1. The third-order valence-electron chi connectivity index (χ3n) is 1.79. The van der Waals surface area contributed by atoms with E-state index in [4.69, 9.17) is 5.11 Å². The molecule has 5 nitrogen and oxygen atoms in total. The number of halogens is 1. The lowest BCUT2D eigenvalue weighted by molar-refractivity contribution is -0.144. The van der Waals surface area contributed by atoms with Gasteiger partial charge in [-0.1, -0.05) is 6.07 Å². The Balaban J connectivity index is 2.59. The van der Waals surface area contributed by atoms with E-state index >= 15 is 0 Å². The first-order valence-corrected chi connectivity index (χ1v) is 4.41. The third kappa shape index (κ3) is 3.32. The molecule has 1 amide bonds. The lowest BCUT2D eigenvalue weighted by Gasteiger charge is -2.04. The highest BCUT2D eigenvalue weighted by molar-refractivity contribution is 5.93. The van der Waals surface area contributed by atoms with Crippen molar-refractivity contribution in [1.82, 2.24) is 5.48 Å². The Kier molecular flexibility index (Phi) is 3.96. The topological polar surface area (TPSA) is 75.6 Å². The first-order valence-electron chi connectivity index (χ1n) is 4.41. The fourth-order valence-corrected chi connectivity index (χ4v) is 0.956. The number of aryl methyl sites for hydroxylation is 1. The molecule has 0 aliphatic heterocycles. The van der Waals surface area contributed by atoms with Crippen LogP contribution in [0.1, 0.15) is 15.9 Å². The van der Waals surface area contributed by atoms with E-state index in [0.717, 1.165) is 6.07 Å². The standard InChI is InChI=1S/C10H10FNO4/c1-6-2-3-7(4-8(6)11)10(15)12-16-5-9(13)14/h2-4H,5H2,1H3,(H,12,15)(H,13,14). The van der Waals surface area contributed by atoms with E-state index in [1.165, 1.54) is 12.1 Å². The zero-order valence-electron chi connectivity index (χ0n) is 8.49. The highest BCUT2D eigenvalue weighted by Gasteiger charge is 2.08. The van der Waals surface area contributed by atoms with Crippen LogP contribution in [0.25, 0.3) is 0 Å². The Bertz CT molecular complexity index is 419. The molecule has 0 bridgehead atoms. The van der Waals surface area contributed by atoms with E-state index in [0.29, 0.717) is 5.56 Å². The first-order chi connectivity index (χ1) is 7.50. The average Bonchev–Trinajstić information content (AvgIpc) is 2.21. The van der Waals surface area contributed by atoms with Gasteiger partial charge in [-0.25, -0.2) is 14.7 Å². The number of amides is 1. The summed E-state index contributed by atoms with van der Waals surface area (Å²) in [5.41, 5.74) is 2.37. The van der Waals surface area contributed by atoms with E-state index in [1.54, 1.807) is 6.92 Å². The zero-order chi connectivity index (χ0) is 12.1. The van der Waals surface area contributed by atoms with Crippen LogP contribution in [-0.2, 0) is 9.63 Å². The largest absolute Gasteiger partial charge is 0.479 e. The number of carbonyl (C=O) groups excluding carboxylic acids is 1. The van der Waals surface area contributed by atoms with Crippen molar-refractivity contribution < 1.29 is 23.9 Å². The second kappa shape index (κ2) is 5.22. The van der Waals surface area contributed by atoms with Gasteiger partial charge in [0.15, 0.2) is 6.61 Å². The fourth-order valence-electron chi connectivity index (χ4n) is 0.956. The smallest absolute Gasteiger partial charge is 0.332 e. The number of hydroxylamine groups is 1. The number of carboxylic acids is 1. The minimum atomic E-state index is -1.21. The molecular weight excluding hydrogens is 217 g/mol. The van der Waals surface area contributed by atoms with E-state index in [1.807, 2.05) is 5.48 Å². The summed E-state index contributed by atoms with van der Waals surface area (Å²) in [6, 6.07) is 3.91. The molecular formula is C10H10FNO4. The molecule has 0 saturated carbocycles. The molecule has 16 heavy (non-hydrogen) atoms.